The van der Waals surface area contributed by atoms with Crippen molar-refractivity contribution in [2.24, 2.45) is 0 Å². The first-order valence-corrected chi connectivity index (χ1v) is 6.99. The Balaban J connectivity index is 1.76. The lowest BCUT2D eigenvalue weighted by Crippen LogP contribution is -2.23. The average Bonchev–Trinajstić information content (AvgIpc) is 2.90. The second-order valence-electron chi connectivity index (χ2n) is 4.79. The highest BCUT2D eigenvalue weighted by Gasteiger charge is 2.10. The lowest BCUT2D eigenvalue weighted by atomic mass is 10.2. The molecule has 3 aromatic rings. The molecule has 0 saturated heterocycles. The van der Waals surface area contributed by atoms with E-state index in [1.54, 1.807) is 24.3 Å². The third-order valence-corrected chi connectivity index (χ3v) is 3.62. The molecule has 1 aromatic carbocycles. The zero-order valence-corrected chi connectivity index (χ0v) is 12.3. The van der Waals surface area contributed by atoms with Crippen LogP contribution in [-0.2, 0) is 6.54 Å². The number of nitrogens with one attached hydrogen (secondary N) is 1. The van der Waals surface area contributed by atoms with E-state index in [-0.39, 0.29) is 5.91 Å². The number of amides is 1. The van der Waals surface area contributed by atoms with Crippen molar-refractivity contribution in [1.82, 2.24) is 14.7 Å². The number of hydrogen-bond acceptors (Lipinski definition) is 2. The smallest absolute Gasteiger partial charge is 0.253 e. The third-order valence-electron chi connectivity index (χ3n) is 3.29. The molecule has 1 N–H and O–H groups in total. The van der Waals surface area contributed by atoms with Crippen molar-refractivity contribution in [3.05, 3.63) is 70.6 Å². The number of carbonyl (C=O) groups excluding carboxylic acids is 1. The molecule has 3 rings (SSSR count). The van der Waals surface area contributed by atoms with E-state index in [4.69, 9.17) is 11.6 Å². The summed E-state index contributed by atoms with van der Waals surface area (Å²) in [6.45, 7) is 2.38. The normalized spacial score (nSPS) is 10.8. The Morgan fingerprint density at radius 3 is 2.81 bits per heavy atom. The number of hydrogen-bond donors (Lipinski definition) is 1. The molecule has 0 aliphatic rings. The predicted octanol–water partition coefficient (Wildman–Crippen LogP) is 3.23. The largest absolute Gasteiger partial charge is 0.346 e. The van der Waals surface area contributed by atoms with Gasteiger partial charge in [0.25, 0.3) is 5.91 Å². The highest BCUT2D eigenvalue weighted by Crippen LogP contribution is 2.15. The van der Waals surface area contributed by atoms with Gasteiger partial charge in [0.15, 0.2) is 0 Å². The second-order valence-corrected chi connectivity index (χ2v) is 5.20. The Bertz CT molecular complexity index is 810. The van der Waals surface area contributed by atoms with E-state index < -0.39 is 0 Å². The number of carbonyl (C=O) groups is 1. The molecule has 2 aromatic heterocycles. The van der Waals surface area contributed by atoms with Gasteiger partial charge < -0.3 is 9.72 Å². The van der Waals surface area contributed by atoms with Crippen molar-refractivity contribution >= 4 is 23.2 Å². The Morgan fingerprint density at radius 1 is 1.24 bits per heavy atom. The molecule has 0 saturated carbocycles. The fraction of sp³-hybridized carbons (Fsp3) is 0.125. The van der Waals surface area contributed by atoms with Gasteiger partial charge in [-0.15, -0.1) is 0 Å². The minimum absolute atomic E-state index is 0.200. The van der Waals surface area contributed by atoms with Gasteiger partial charge in [-0.05, 0) is 31.2 Å². The number of aryl methyl sites for hydroxylation is 1. The predicted molar refractivity (Wildman–Crippen MR) is 82.6 cm³/mol. The highest BCUT2D eigenvalue weighted by molar-refractivity contribution is 6.33. The molecular formula is C16H14ClN3O. The first-order chi connectivity index (χ1) is 10.1. The van der Waals surface area contributed by atoms with E-state index in [1.165, 1.54) is 0 Å². The van der Waals surface area contributed by atoms with Gasteiger partial charge in [-0.2, -0.15) is 0 Å². The molecule has 2 heterocycles. The van der Waals surface area contributed by atoms with Gasteiger partial charge >= 0.3 is 0 Å². The van der Waals surface area contributed by atoms with Crippen molar-refractivity contribution in [3.63, 3.8) is 0 Å². The minimum atomic E-state index is -0.200. The van der Waals surface area contributed by atoms with Crippen molar-refractivity contribution < 1.29 is 4.79 Å². The summed E-state index contributed by atoms with van der Waals surface area (Å²) < 4.78 is 2.00. The summed E-state index contributed by atoms with van der Waals surface area (Å²) in [5.74, 6) is -0.200. The first kappa shape index (κ1) is 13.6. The average molecular weight is 300 g/mol. The Morgan fingerprint density at radius 2 is 2.05 bits per heavy atom. The molecule has 0 aliphatic carbocycles. The Kier molecular flexibility index (Phi) is 3.62. The molecule has 0 bridgehead atoms. The van der Waals surface area contributed by atoms with Crippen LogP contribution in [0.1, 0.15) is 21.7 Å². The van der Waals surface area contributed by atoms with Gasteiger partial charge in [-0.1, -0.05) is 29.8 Å². The van der Waals surface area contributed by atoms with Crippen LogP contribution in [0.15, 0.2) is 48.7 Å². The summed E-state index contributed by atoms with van der Waals surface area (Å²) in [6, 6.07) is 12.9. The van der Waals surface area contributed by atoms with Gasteiger partial charge in [0.05, 0.1) is 22.8 Å². The summed E-state index contributed by atoms with van der Waals surface area (Å²) in [5, 5.41) is 3.28. The van der Waals surface area contributed by atoms with Crippen LogP contribution in [0, 0.1) is 6.92 Å². The van der Waals surface area contributed by atoms with Crippen LogP contribution in [-0.4, -0.2) is 15.3 Å². The molecule has 0 unspecified atom stereocenters. The molecule has 0 aliphatic heterocycles. The van der Waals surface area contributed by atoms with Gasteiger partial charge in [-0.25, -0.2) is 4.98 Å². The highest BCUT2D eigenvalue weighted by atomic mass is 35.5. The number of pyridine rings is 1. The zero-order chi connectivity index (χ0) is 14.8. The molecule has 0 spiro atoms. The van der Waals surface area contributed by atoms with E-state index >= 15 is 0 Å². The van der Waals surface area contributed by atoms with Crippen LogP contribution in [0.25, 0.3) is 5.65 Å². The van der Waals surface area contributed by atoms with Crippen molar-refractivity contribution in [2.75, 3.05) is 0 Å². The molecular weight excluding hydrogens is 286 g/mol. The molecule has 0 fully saturated rings. The van der Waals surface area contributed by atoms with Crippen LogP contribution >= 0.6 is 11.6 Å². The lowest BCUT2D eigenvalue weighted by molar-refractivity contribution is 0.0950. The Hall–Kier alpha value is -2.33. The molecule has 21 heavy (non-hydrogen) atoms. The first-order valence-electron chi connectivity index (χ1n) is 6.61. The van der Waals surface area contributed by atoms with Crippen molar-refractivity contribution in [2.45, 2.75) is 13.5 Å². The monoisotopic (exact) mass is 299 g/mol. The zero-order valence-electron chi connectivity index (χ0n) is 11.5. The molecule has 4 nitrogen and oxygen atoms in total. The van der Waals surface area contributed by atoms with Crippen LogP contribution in [0.2, 0.25) is 5.02 Å². The topological polar surface area (TPSA) is 46.4 Å². The van der Waals surface area contributed by atoms with E-state index in [1.807, 2.05) is 35.7 Å². The third kappa shape index (κ3) is 2.76. The van der Waals surface area contributed by atoms with Crippen LogP contribution in [0.4, 0.5) is 0 Å². The van der Waals surface area contributed by atoms with Crippen molar-refractivity contribution in [1.29, 1.82) is 0 Å². The van der Waals surface area contributed by atoms with E-state index in [0.717, 1.165) is 17.0 Å². The summed E-state index contributed by atoms with van der Waals surface area (Å²) in [6.07, 6.45) is 1.93. The van der Waals surface area contributed by atoms with E-state index in [9.17, 15) is 4.79 Å². The Labute approximate surface area is 127 Å². The summed E-state index contributed by atoms with van der Waals surface area (Å²) >= 11 is 6.01. The number of benzene rings is 1. The van der Waals surface area contributed by atoms with Gasteiger partial charge in [-0.3, -0.25) is 4.79 Å². The summed E-state index contributed by atoms with van der Waals surface area (Å²) in [7, 11) is 0. The van der Waals surface area contributed by atoms with Crippen LogP contribution in [0.5, 0.6) is 0 Å². The summed E-state index contributed by atoms with van der Waals surface area (Å²) in [5.41, 5.74) is 3.25. The maximum atomic E-state index is 12.1. The second kappa shape index (κ2) is 5.58. The number of fused-ring (bicyclic) bond motifs is 1. The van der Waals surface area contributed by atoms with Crippen LogP contribution < -0.4 is 5.32 Å². The molecule has 0 atom stereocenters. The lowest BCUT2D eigenvalue weighted by Gasteiger charge is -2.04. The van der Waals surface area contributed by atoms with Gasteiger partial charge in [0.1, 0.15) is 5.65 Å². The fourth-order valence-corrected chi connectivity index (χ4v) is 2.42. The standard InChI is InChI=1S/C16H14ClN3O/c1-11-5-4-8-15-19-12(10-20(11)15)9-18-16(21)13-6-2-3-7-14(13)17/h2-8,10H,9H2,1H3,(H,18,21). The quantitative estimate of drug-likeness (QED) is 0.807. The van der Waals surface area contributed by atoms with E-state index in [2.05, 4.69) is 10.3 Å². The number of rotatable bonds is 3. The maximum absolute atomic E-state index is 12.1. The SMILES string of the molecule is Cc1cccc2nc(CNC(=O)c3ccccc3Cl)cn12. The van der Waals surface area contributed by atoms with Crippen molar-refractivity contribution in [3.8, 4) is 0 Å². The minimum Gasteiger partial charge on any atom is -0.346 e. The molecule has 5 heteroatoms. The number of nitrogens with zero attached hydrogens (tertiary/aromatic N) is 2. The molecule has 0 radical (unpaired) electrons. The summed E-state index contributed by atoms with van der Waals surface area (Å²) in [4.78, 5) is 16.6. The van der Waals surface area contributed by atoms with Crippen LogP contribution in [0.3, 0.4) is 0 Å². The maximum Gasteiger partial charge on any atom is 0.253 e. The van der Waals surface area contributed by atoms with Gasteiger partial charge in [0, 0.05) is 11.9 Å². The number of halogens is 1. The molecule has 106 valence electrons. The molecule has 1 amide bonds. The van der Waals surface area contributed by atoms with E-state index in [0.29, 0.717) is 17.1 Å². The fourth-order valence-electron chi connectivity index (χ4n) is 2.20. The number of imidazole rings is 1. The van der Waals surface area contributed by atoms with Gasteiger partial charge in [0.2, 0.25) is 0 Å². The number of aromatic nitrogens is 2.